The van der Waals surface area contributed by atoms with E-state index in [9.17, 15) is 19.1 Å². The van der Waals surface area contributed by atoms with Crippen molar-refractivity contribution >= 4 is 17.6 Å². The summed E-state index contributed by atoms with van der Waals surface area (Å²) in [5, 5.41) is 9.58. The SMILES string of the molecule is CCN(C(=O)c1ccc(O)c(F)c1)c1cc(OC)ccc1C1CCc2cc(OC(=O)C(C)(C)C)c(C)cc2C1. The Morgan fingerprint density at radius 3 is 2.46 bits per heavy atom. The lowest BCUT2D eigenvalue weighted by atomic mass is 9.79. The van der Waals surface area contributed by atoms with Crippen LogP contribution < -0.4 is 14.4 Å². The van der Waals surface area contributed by atoms with E-state index in [1.807, 2.05) is 58.9 Å². The average Bonchev–Trinajstić information content (AvgIpc) is 2.90. The van der Waals surface area contributed by atoms with Gasteiger partial charge in [-0.2, -0.15) is 0 Å². The molecule has 0 radical (unpaired) electrons. The van der Waals surface area contributed by atoms with Gasteiger partial charge >= 0.3 is 5.97 Å². The number of esters is 1. The van der Waals surface area contributed by atoms with Crippen LogP contribution in [0.5, 0.6) is 17.2 Å². The molecule has 0 fully saturated rings. The number of ether oxygens (including phenoxy) is 2. The Kier molecular flexibility index (Phi) is 8.00. The average molecular weight is 534 g/mol. The van der Waals surface area contributed by atoms with Crippen LogP contribution in [0.4, 0.5) is 10.1 Å². The molecule has 0 aromatic heterocycles. The Hall–Kier alpha value is -3.87. The summed E-state index contributed by atoms with van der Waals surface area (Å²) in [6.45, 7) is 9.69. The van der Waals surface area contributed by atoms with Gasteiger partial charge in [0.1, 0.15) is 11.5 Å². The highest BCUT2D eigenvalue weighted by Gasteiger charge is 2.29. The molecule has 4 rings (SSSR count). The highest BCUT2D eigenvalue weighted by atomic mass is 19.1. The van der Waals surface area contributed by atoms with Crippen LogP contribution in [0.1, 0.15) is 72.6 Å². The van der Waals surface area contributed by atoms with E-state index in [1.54, 1.807) is 12.0 Å². The first kappa shape index (κ1) is 28.1. The Bertz CT molecular complexity index is 1410. The Morgan fingerprint density at radius 2 is 1.82 bits per heavy atom. The van der Waals surface area contributed by atoms with E-state index in [1.165, 1.54) is 17.7 Å². The number of halogens is 1. The molecule has 1 aliphatic rings. The number of phenolic OH excluding ortho intramolecular Hbond substituents is 1. The zero-order valence-corrected chi connectivity index (χ0v) is 23.4. The molecule has 3 aromatic rings. The third-order valence-corrected chi connectivity index (χ3v) is 7.26. The standard InChI is InChI=1S/C32H36FNO5/c1-7-34(30(36)22-10-13-28(35)26(33)16-22)27-18-24(38-6)11-12-25(27)21-9-8-20-17-29(19(2)14-23(20)15-21)39-31(37)32(3,4)5/h10-14,16-18,21,35H,7-9,15H2,1-6H3. The second-order valence-corrected chi connectivity index (χ2v) is 11.1. The number of rotatable bonds is 6. The number of carbonyl (C=O) groups excluding carboxylic acids is 2. The number of methoxy groups -OCH3 is 1. The van der Waals surface area contributed by atoms with Crippen LogP contribution in [0.15, 0.2) is 48.5 Å². The number of aromatic hydroxyl groups is 1. The number of phenols is 1. The van der Waals surface area contributed by atoms with Gasteiger partial charge in [-0.25, -0.2) is 4.39 Å². The lowest BCUT2D eigenvalue weighted by Crippen LogP contribution is -2.32. The highest BCUT2D eigenvalue weighted by Crippen LogP contribution is 2.41. The largest absolute Gasteiger partial charge is 0.505 e. The number of amides is 1. The third-order valence-electron chi connectivity index (χ3n) is 7.26. The quantitative estimate of drug-likeness (QED) is 0.281. The summed E-state index contributed by atoms with van der Waals surface area (Å²) in [6.07, 6.45) is 2.42. The van der Waals surface area contributed by atoms with Gasteiger partial charge in [0.05, 0.1) is 18.2 Å². The van der Waals surface area contributed by atoms with Crippen LogP contribution in [-0.4, -0.2) is 30.6 Å². The molecule has 0 bridgehead atoms. The number of hydrogen-bond acceptors (Lipinski definition) is 5. The summed E-state index contributed by atoms with van der Waals surface area (Å²) < 4.78 is 25.3. The summed E-state index contributed by atoms with van der Waals surface area (Å²) in [6, 6.07) is 13.5. The smallest absolute Gasteiger partial charge is 0.316 e. The van der Waals surface area contributed by atoms with Crippen LogP contribution in [0.3, 0.4) is 0 Å². The molecule has 1 aliphatic carbocycles. The molecule has 0 saturated heterocycles. The predicted octanol–water partition coefficient (Wildman–Crippen LogP) is 6.74. The van der Waals surface area contributed by atoms with E-state index in [2.05, 4.69) is 6.07 Å². The molecule has 0 spiro atoms. The summed E-state index contributed by atoms with van der Waals surface area (Å²) in [5.41, 5.74) is 4.55. The van der Waals surface area contributed by atoms with Gasteiger partial charge in [-0.15, -0.1) is 0 Å². The molecular formula is C32H36FNO5. The molecule has 0 saturated carbocycles. The lowest BCUT2D eigenvalue weighted by Gasteiger charge is -2.31. The minimum atomic E-state index is -0.838. The van der Waals surface area contributed by atoms with E-state index in [4.69, 9.17) is 9.47 Å². The fraction of sp³-hybridized carbons (Fsp3) is 0.375. The molecule has 1 atom stereocenters. The zero-order valence-electron chi connectivity index (χ0n) is 23.4. The van der Waals surface area contributed by atoms with Gasteiger partial charge in [0.15, 0.2) is 11.6 Å². The Labute approximate surface area is 229 Å². The van der Waals surface area contributed by atoms with Crippen molar-refractivity contribution in [2.45, 2.75) is 59.8 Å². The van der Waals surface area contributed by atoms with Crippen molar-refractivity contribution in [1.82, 2.24) is 0 Å². The number of aryl methyl sites for hydroxylation is 2. The van der Waals surface area contributed by atoms with E-state index in [-0.39, 0.29) is 23.4 Å². The number of fused-ring (bicyclic) bond motifs is 1. The van der Waals surface area contributed by atoms with Crippen LogP contribution in [0.25, 0.3) is 0 Å². The first-order valence-electron chi connectivity index (χ1n) is 13.3. The van der Waals surface area contributed by atoms with Crippen molar-refractivity contribution in [3.05, 3.63) is 82.2 Å². The van der Waals surface area contributed by atoms with Crippen molar-refractivity contribution in [1.29, 1.82) is 0 Å². The van der Waals surface area contributed by atoms with E-state index >= 15 is 0 Å². The Balaban J connectivity index is 1.67. The maximum atomic E-state index is 14.1. The first-order chi connectivity index (χ1) is 18.4. The summed E-state index contributed by atoms with van der Waals surface area (Å²) in [4.78, 5) is 27.6. The van der Waals surface area contributed by atoms with Gasteiger partial charge in [-0.1, -0.05) is 12.1 Å². The molecule has 3 aromatic carbocycles. The number of anilines is 1. The second-order valence-electron chi connectivity index (χ2n) is 11.1. The topological polar surface area (TPSA) is 76.1 Å². The van der Waals surface area contributed by atoms with E-state index in [0.717, 1.165) is 47.7 Å². The minimum absolute atomic E-state index is 0.138. The Morgan fingerprint density at radius 1 is 1.08 bits per heavy atom. The number of carbonyl (C=O) groups is 2. The molecule has 7 heteroatoms. The minimum Gasteiger partial charge on any atom is -0.505 e. The van der Waals surface area contributed by atoms with Crippen LogP contribution in [-0.2, 0) is 17.6 Å². The number of nitrogens with zero attached hydrogens (tertiary/aromatic N) is 1. The van der Waals surface area contributed by atoms with Gasteiger partial charge in [0.25, 0.3) is 5.91 Å². The molecule has 1 N–H and O–H groups in total. The van der Waals surface area contributed by atoms with E-state index < -0.39 is 17.0 Å². The summed E-state index contributed by atoms with van der Waals surface area (Å²) in [7, 11) is 1.58. The van der Waals surface area contributed by atoms with Gasteiger partial charge < -0.3 is 19.5 Å². The monoisotopic (exact) mass is 533 g/mol. The summed E-state index contributed by atoms with van der Waals surface area (Å²) >= 11 is 0. The number of hydrogen-bond donors (Lipinski definition) is 1. The van der Waals surface area contributed by atoms with Crippen LogP contribution in [0.2, 0.25) is 0 Å². The predicted molar refractivity (Wildman–Crippen MR) is 149 cm³/mol. The molecule has 1 unspecified atom stereocenters. The van der Waals surface area contributed by atoms with Crippen molar-refractivity contribution in [3.63, 3.8) is 0 Å². The maximum Gasteiger partial charge on any atom is 0.316 e. The van der Waals surface area contributed by atoms with Gasteiger partial charge in [-0.05, 0) is 112 Å². The summed E-state index contributed by atoms with van der Waals surface area (Å²) in [5.74, 6) is -0.600. The molecule has 1 amide bonds. The maximum absolute atomic E-state index is 14.1. The lowest BCUT2D eigenvalue weighted by molar-refractivity contribution is -0.143. The first-order valence-corrected chi connectivity index (χ1v) is 13.3. The van der Waals surface area contributed by atoms with Gasteiger partial charge in [0, 0.05) is 18.2 Å². The second kappa shape index (κ2) is 11.1. The normalized spacial score (nSPS) is 14.9. The molecule has 39 heavy (non-hydrogen) atoms. The van der Waals surface area contributed by atoms with Crippen molar-refractivity contribution in [2.24, 2.45) is 5.41 Å². The van der Waals surface area contributed by atoms with Crippen LogP contribution in [0, 0.1) is 18.2 Å². The van der Waals surface area contributed by atoms with Gasteiger partial charge in [-0.3, -0.25) is 9.59 Å². The molecule has 206 valence electrons. The molecule has 0 aliphatic heterocycles. The van der Waals surface area contributed by atoms with Crippen LogP contribution >= 0.6 is 0 Å². The van der Waals surface area contributed by atoms with Gasteiger partial charge in [0.2, 0.25) is 0 Å². The third kappa shape index (κ3) is 5.92. The zero-order chi connectivity index (χ0) is 28.5. The molecular weight excluding hydrogens is 497 g/mol. The van der Waals surface area contributed by atoms with E-state index in [0.29, 0.717) is 18.0 Å². The fourth-order valence-corrected chi connectivity index (χ4v) is 4.99. The molecule has 0 heterocycles. The van der Waals surface area contributed by atoms with Crippen molar-refractivity contribution in [3.8, 4) is 17.2 Å². The van der Waals surface area contributed by atoms with Crippen molar-refractivity contribution < 1.29 is 28.6 Å². The number of benzene rings is 3. The highest BCUT2D eigenvalue weighted by molar-refractivity contribution is 6.06. The van der Waals surface area contributed by atoms with Crippen molar-refractivity contribution in [2.75, 3.05) is 18.6 Å². The fourth-order valence-electron chi connectivity index (χ4n) is 4.99. The molecule has 6 nitrogen and oxygen atoms in total.